The maximum absolute atomic E-state index is 10.8. The van der Waals surface area contributed by atoms with Gasteiger partial charge in [0.05, 0.1) is 11.5 Å². The first-order chi connectivity index (χ1) is 10.1. The topological polar surface area (TPSA) is 52.4 Å². The lowest BCUT2D eigenvalue weighted by molar-refractivity contribution is -0.384. The second-order valence-corrected chi connectivity index (χ2v) is 5.48. The molecule has 0 radical (unpaired) electrons. The number of aryl methyl sites for hydroxylation is 1. The number of unbranched alkanes of at least 4 members (excludes halogenated alkanes) is 2. The molecule has 0 aromatic heterocycles. The molecule has 0 bridgehead atoms. The average molecular weight is 293 g/mol. The summed E-state index contributed by atoms with van der Waals surface area (Å²) in [4.78, 5) is 10.4. The summed E-state index contributed by atoms with van der Waals surface area (Å²) in [5.41, 5.74) is 1.04. The molecule has 4 nitrogen and oxygen atoms in total. The van der Waals surface area contributed by atoms with Crippen molar-refractivity contribution in [3.05, 3.63) is 33.9 Å². The monoisotopic (exact) mass is 293 g/mol. The normalized spacial score (nSPS) is 12.1. The van der Waals surface area contributed by atoms with Crippen molar-refractivity contribution >= 4 is 5.69 Å². The molecule has 0 aliphatic heterocycles. The van der Waals surface area contributed by atoms with Gasteiger partial charge in [-0.1, -0.05) is 46.5 Å². The maximum Gasteiger partial charge on any atom is 0.269 e. The largest absolute Gasteiger partial charge is 0.493 e. The predicted octanol–water partition coefficient (Wildman–Crippen LogP) is 5.14. The van der Waals surface area contributed by atoms with E-state index in [0.29, 0.717) is 12.5 Å². The Bertz CT molecular complexity index is 446. The zero-order valence-electron chi connectivity index (χ0n) is 13.4. The third-order valence-corrected chi connectivity index (χ3v) is 3.90. The van der Waals surface area contributed by atoms with Crippen LogP contribution < -0.4 is 4.74 Å². The van der Waals surface area contributed by atoms with E-state index in [1.54, 1.807) is 12.1 Å². The van der Waals surface area contributed by atoms with Gasteiger partial charge in [-0.15, -0.1) is 0 Å². The molecule has 1 atom stereocenters. The maximum atomic E-state index is 10.8. The highest BCUT2D eigenvalue weighted by Gasteiger charge is 2.12. The molecule has 0 aliphatic carbocycles. The van der Waals surface area contributed by atoms with Crippen LogP contribution in [0.3, 0.4) is 0 Å². The number of ether oxygens (including phenoxy) is 1. The fourth-order valence-corrected chi connectivity index (χ4v) is 2.39. The number of nitro benzene ring substituents is 1. The first-order valence-electron chi connectivity index (χ1n) is 8.02. The smallest absolute Gasteiger partial charge is 0.269 e. The zero-order chi connectivity index (χ0) is 15.7. The molecule has 0 aliphatic rings. The highest BCUT2D eigenvalue weighted by molar-refractivity contribution is 5.43. The Labute approximate surface area is 127 Å². The molecule has 21 heavy (non-hydrogen) atoms. The Morgan fingerprint density at radius 3 is 2.57 bits per heavy atom. The van der Waals surface area contributed by atoms with Crippen LogP contribution in [0, 0.1) is 16.0 Å². The fraction of sp³-hybridized carbons (Fsp3) is 0.647. The van der Waals surface area contributed by atoms with Crippen LogP contribution in [-0.4, -0.2) is 11.5 Å². The molecule has 1 rings (SSSR count). The highest BCUT2D eigenvalue weighted by atomic mass is 16.6. The van der Waals surface area contributed by atoms with Crippen molar-refractivity contribution in [2.75, 3.05) is 6.61 Å². The van der Waals surface area contributed by atoms with Crippen molar-refractivity contribution in [2.24, 2.45) is 5.92 Å². The molecule has 1 aromatic rings. The Balaban J connectivity index is 2.62. The Morgan fingerprint density at radius 1 is 1.24 bits per heavy atom. The van der Waals surface area contributed by atoms with Crippen LogP contribution >= 0.6 is 0 Å². The number of nitro groups is 1. The molecular weight excluding hydrogens is 266 g/mol. The standard InChI is InChI=1S/C17H27NO3/c1-4-7-8-9-14(5-2)13-21-17-11-10-16(18(19)20)12-15(17)6-3/h10-12,14H,4-9,13H2,1-3H3. The van der Waals surface area contributed by atoms with Crippen molar-refractivity contribution < 1.29 is 9.66 Å². The van der Waals surface area contributed by atoms with Gasteiger partial charge in [0.1, 0.15) is 5.75 Å². The number of rotatable bonds is 10. The van der Waals surface area contributed by atoms with E-state index in [0.717, 1.165) is 24.2 Å². The van der Waals surface area contributed by atoms with Crippen LogP contribution in [0.15, 0.2) is 18.2 Å². The van der Waals surface area contributed by atoms with E-state index in [1.807, 2.05) is 6.92 Å². The van der Waals surface area contributed by atoms with Crippen molar-refractivity contribution in [2.45, 2.75) is 59.3 Å². The molecular formula is C17H27NO3. The summed E-state index contributed by atoms with van der Waals surface area (Å²) in [5, 5.41) is 10.8. The van der Waals surface area contributed by atoms with Gasteiger partial charge >= 0.3 is 0 Å². The van der Waals surface area contributed by atoms with Crippen LogP contribution in [0.5, 0.6) is 5.75 Å². The Kier molecular flexibility index (Phi) is 7.80. The van der Waals surface area contributed by atoms with Gasteiger partial charge in [0, 0.05) is 17.7 Å². The van der Waals surface area contributed by atoms with Crippen molar-refractivity contribution in [1.29, 1.82) is 0 Å². The van der Waals surface area contributed by atoms with Gasteiger partial charge in [-0.2, -0.15) is 0 Å². The number of benzene rings is 1. The fourth-order valence-electron chi connectivity index (χ4n) is 2.39. The molecule has 0 spiro atoms. The van der Waals surface area contributed by atoms with Gasteiger partial charge in [0.15, 0.2) is 0 Å². The lowest BCUT2D eigenvalue weighted by atomic mass is 9.99. The Hall–Kier alpha value is -1.58. The second kappa shape index (κ2) is 9.37. The highest BCUT2D eigenvalue weighted by Crippen LogP contribution is 2.26. The second-order valence-electron chi connectivity index (χ2n) is 5.48. The van der Waals surface area contributed by atoms with Crippen LogP contribution in [0.2, 0.25) is 0 Å². The van der Waals surface area contributed by atoms with Gasteiger partial charge in [0.2, 0.25) is 0 Å². The van der Waals surface area contributed by atoms with E-state index >= 15 is 0 Å². The van der Waals surface area contributed by atoms with E-state index in [-0.39, 0.29) is 10.6 Å². The summed E-state index contributed by atoms with van der Waals surface area (Å²) >= 11 is 0. The molecule has 0 heterocycles. The first kappa shape index (κ1) is 17.5. The van der Waals surface area contributed by atoms with Crippen molar-refractivity contribution in [3.63, 3.8) is 0 Å². The minimum atomic E-state index is -0.359. The number of hydrogen-bond donors (Lipinski definition) is 0. The quantitative estimate of drug-likeness (QED) is 0.341. The van der Waals surface area contributed by atoms with Crippen LogP contribution in [0.1, 0.15) is 58.4 Å². The minimum absolute atomic E-state index is 0.134. The summed E-state index contributed by atoms with van der Waals surface area (Å²) < 4.78 is 5.92. The third-order valence-electron chi connectivity index (χ3n) is 3.90. The van der Waals surface area contributed by atoms with Crippen molar-refractivity contribution in [1.82, 2.24) is 0 Å². The Morgan fingerprint density at radius 2 is 2.00 bits per heavy atom. The molecule has 0 saturated heterocycles. The van der Waals surface area contributed by atoms with Crippen molar-refractivity contribution in [3.8, 4) is 5.75 Å². The van der Waals surface area contributed by atoms with Gasteiger partial charge in [0.25, 0.3) is 5.69 Å². The molecule has 118 valence electrons. The molecule has 0 saturated carbocycles. The lowest BCUT2D eigenvalue weighted by Crippen LogP contribution is -2.12. The number of hydrogen-bond acceptors (Lipinski definition) is 3. The lowest BCUT2D eigenvalue weighted by Gasteiger charge is -2.17. The molecule has 0 fully saturated rings. The van der Waals surface area contributed by atoms with E-state index in [9.17, 15) is 10.1 Å². The number of nitrogens with zero attached hydrogens (tertiary/aromatic N) is 1. The van der Waals surface area contributed by atoms with E-state index in [2.05, 4.69) is 13.8 Å². The van der Waals surface area contributed by atoms with E-state index < -0.39 is 0 Å². The molecule has 1 unspecified atom stereocenters. The summed E-state index contributed by atoms with van der Waals surface area (Å²) in [6, 6.07) is 4.87. The van der Waals surface area contributed by atoms with Crippen LogP contribution in [-0.2, 0) is 6.42 Å². The predicted molar refractivity (Wildman–Crippen MR) is 85.9 cm³/mol. The number of non-ortho nitro benzene ring substituents is 1. The van der Waals surface area contributed by atoms with Crippen LogP contribution in [0.4, 0.5) is 5.69 Å². The average Bonchev–Trinajstić information content (AvgIpc) is 2.50. The zero-order valence-corrected chi connectivity index (χ0v) is 13.4. The summed E-state index contributed by atoms with van der Waals surface area (Å²) in [6.07, 6.45) is 6.80. The molecule has 1 aromatic carbocycles. The van der Waals surface area contributed by atoms with Gasteiger partial charge in [-0.05, 0) is 24.8 Å². The first-order valence-corrected chi connectivity index (χ1v) is 8.02. The molecule has 0 N–H and O–H groups in total. The van der Waals surface area contributed by atoms with Crippen LogP contribution in [0.25, 0.3) is 0 Å². The van der Waals surface area contributed by atoms with Gasteiger partial charge in [-0.3, -0.25) is 10.1 Å². The van der Waals surface area contributed by atoms with Gasteiger partial charge < -0.3 is 4.74 Å². The van der Waals surface area contributed by atoms with E-state index in [1.165, 1.54) is 31.7 Å². The molecule has 0 amide bonds. The van der Waals surface area contributed by atoms with Gasteiger partial charge in [-0.25, -0.2) is 0 Å². The third kappa shape index (κ3) is 5.74. The SMILES string of the molecule is CCCCCC(CC)COc1ccc([N+](=O)[O-])cc1CC. The minimum Gasteiger partial charge on any atom is -0.493 e. The van der Waals surface area contributed by atoms with E-state index in [4.69, 9.17) is 4.74 Å². The summed E-state index contributed by atoms with van der Waals surface area (Å²) in [7, 11) is 0. The summed E-state index contributed by atoms with van der Waals surface area (Å²) in [5.74, 6) is 1.36. The molecule has 4 heteroatoms. The summed E-state index contributed by atoms with van der Waals surface area (Å²) in [6.45, 7) is 7.09.